The van der Waals surface area contributed by atoms with Gasteiger partial charge in [0.1, 0.15) is 0 Å². The van der Waals surface area contributed by atoms with Gasteiger partial charge in [0.2, 0.25) is 0 Å². The van der Waals surface area contributed by atoms with Gasteiger partial charge in [-0.2, -0.15) is 0 Å². The SMILES string of the molecule is CNCCC(O)c1ccc2c(c1)n(C)c(=O)n2C. The Morgan fingerprint density at radius 1 is 1.28 bits per heavy atom. The molecule has 0 aliphatic rings. The first-order chi connectivity index (χ1) is 8.56. The average molecular weight is 249 g/mol. The molecule has 1 aromatic carbocycles. The van der Waals surface area contributed by atoms with Crippen LogP contribution in [0.15, 0.2) is 23.0 Å². The van der Waals surface area contributed by atoms with E-state index in [2.05, 4.69) is 5.32 Å². The van der Waals surface area contributed by atoms with Crippen LogP contribution in [0.25, 0.3) is 11.0 Å². The maximum absolute atomic E-state index is 11.8. The second-order valence-electron chi connectivity index (χ2n) is 4.56. The number of rotatable bonds is 4. The Morgan fingerprint density at radius 3 is 2.61 bits per heavy atom. The fourth-order valence-corrected chi connectivity index (χ4v) is 2.18. The molecule has 5 heteroatoms. The summed E-state index contributed by atoms with van der Waals surface area (Å²) < 4.78 is 3.21. The van der Waals surface area contributed by atoms with Crippen LogP contribution < -0.4 is 11.0 Å². The minimum Gasteiger partial charge on any atom is -0.388 e. The Labute approximate surface area is 106 Å². The molecule has 98 valence electrons. The van der Waals surface area contributed by atoms with Crippen molar-refractivity contribution in [1.82, 2.24) is 14.5 Å². The first-order valence-corrected chi connectivity index (χ1v) is 6.04. The van der Waals surface area contributed by atoms with E-state index in [0.717, 1.165) is 23.1 Å². The van der Waals surface area contributed by atoms with Crippen LogP contribution in [0.2, 0.25) is 0 Å². The van der Waals surface area contributed by atoms with E-state index >= 15 is 0 Å². The second-order valence-corrected chi connectivity index (χ2v) is 4.56. The Morgan fingerprint density at radius 2 is 1.94 bits per heavy atom. The van der Waals surface area contributed by atoms with Crippen LogP contribution in [0, 0.1) is 0 Å². The Kier molecular flexibility index (Phi) is 3.54. The van der Waals surface area contributed by atoms with Gasteiger partial charge in [-0.25, -0.2) is 4.79 Å². The van der Waals surface area contributed by atoms with Crippen LogP contribution in [-0.2, 0) is 14.1 Å². The molecule has 2 aromatic rings. The highest BCUT2D eigenvalue weighted by atomic mass is 16.3. The van der Waals surface area contributed by atoms with Gasteiger partial charge in [0.25, 0.3) is 0 Å². The van der Waals surface area contributed by atoms with Crippen LogP contribution in [0.1, 0.15) is 18.1 Å². The Bertz CT molecular complexity index is 612. The number of hydrogen-bond acceptors (Lipinski definition) is 3. The summed E-state index contributed by atoms with van der Waals surface area (Å²) >= 11 is 0. The van der Waals surface area contributed by atoms with Gasteiger partial charge in [-0.3, -0.25) is 9.13 Å². The van der Waals surface area contributed by atoms with Gasteiger partial charge >= 0.3 is 5.69 Å². The molecule has 1 heterocycles. The number of aryl methyl sites for hydroxylation is 2. The third-order valence-electron chi connectivity index (χ3n) is 3.35. The number of benzene rings is 1. The third kappa shape index (κ3) is 2.07. The summed E-state index contributed by atoms with van der Waals surface area (Å²) in [5, 5.41) is 13.1. The molecule has 2 N–H and O–H groups in total. The maximum atomic E-state index is 11.8. The fraction of sp³-hybridized carbons (Fsp3) is 0.462. The van der Waals surface area contributed by atoms with Crippen molar-refractivity contribution in [2.45, 2.75) is 12.5 Å². The van der Waals surface area contributed by atoms with E-state index in [1.807, 2.05) is 25.2 Å². The summed E-state index contributed by atoms with van der Waals surface area (Å²) in [6.07, 6.45) is 0.153. The summed E-state index contributed by atoms with van der Waals surface area (Å²) in [5.74, 6) is 0. The van der Waals surface area contributed by atoms with Gasteiger partial charge in [0, 0.05) is 14.1 Å². The Hall–Kier alpha value is -1.59. The zero-order valence-electron chi connectivity index (χ0n) is 11.0. The first kappa shape index (κ1) is 12.9. The predicted molar refractivity (Wildman–Crippen MR) is 71.7 cm³/mol. The maximum Gasteiger partial charge on any atom is 0.328 e. The molecule has 0 aliphatic carbocycles. The number of aliphatic hydroxyl groups is 1. The van der Waals surface area contributed by atoms with Crippen LogP contribution in [0.3, 0.4) is 0 Å². The lowest BCUT2D eigenvalue weighted by atomic mass is 10.1. The summed E-state index contributed by atoms with van der Waals surface area (Å²) in [5.41, 5.74) is 2.53. The molecule has 0 radical (unpaired) electrons. The lowest BCUT2D eigenvalue weighted by molar-refractivity contribution is 0.168. The number of imidazole rings is 1. The van der Waals surface area contributed by atoms with Crippen molar-refractivity contribution in [3.8, 4) is 0 Å². The van der Waals surface area contributed by atoms with E-state index in [1.165, 1.54) is 0 Å². The van der Waals surface area contributed by atoms with E-state index in [9.17, 15) is 9.90 Å². The van der Waals surface area contributed by atoms with Crippen molar-refractivity contribution >= 4 is 11.0 Å². The zero-order valence-corrected chi connectivity index (χ0v) is 11.0. The lowest BCUT2D eigenvalue weighted by Crippen LogP contribution is -2.19. The van der Waals surface area contributed by atoms with Crippen LogP contribution in [0.5, 0.6) is 0 Å². The second kappa shape index (κ2) is 4.96. The van der Waals surface area contributed by atoms with Gasteiger partial charge in [0.15, 0.2) is 0 Å². The Balaban J connectivity index is 2.44. The predicted octanol–water partition coefficient (Wildman–Crippen LogP) is 0.520. The number of nitrogens with one attached hydrogen (secondary N) is 1. The minimum absolute atomic E-state index is 0.0492. The molecule has 0 amide bonds. The van der Waals surface area contributed by atoms with Crippen molar-refractivity contribution < 1.29 is 5.11 Å². The molecule has 0 bridgehead atoms. The average Bonchev–Trinajstić information content (AvgIpc) is 2.61. The number of hydrogen-bond donors (Lipinski definition) is 2. The van der Waals surface area contributed by atoms with E-state index < -0.39 is 6.10 Å². The topological polar surface area (TPSA) is 59.2 Å². The van der Waals surface area contributed by atoms with Crippen molar-refractivity contribution in [2.24, 2.45) is 14.1 Å². The molecule has 1 atom stereocenters. The number of aliphatic hydroxyl groups excluding tert-OH is 1. The van der Waals surface area contributed by atoms with Gasteiger partial charge in [-0.15, -0.1) is 0 Å². The van der Waals surface area contributed by atoms with Crippen LogP contribution in [0.4, 0.5) is 0 Å². The fourth-order valence-electron chi connectivity index (χ4n) is 2.18. The molecule has 18 heavy (non-hydrogen) atoms. The number of fused-ring (bicyclic) bond motifs is 1. The largest absolute Gasteiger partial charge is 0.388 e. The first-order valence-electron chi connectivity index (χ1n) is 6.04. The molecule has 5 nitrogen and oxygen atoms in total. The molecular formula is C13H19N3O2. The summed E-state index contributed by atoms with van der Waals surface area (Å²) in [6.45, 7) is 0.757. The molecule has 0 saturated carbocycles. The van der Waals surface area contributed by atoms with Crippen molar-refractivity contribution in [3.05, 3.63) is 34.2 Å². The lowest BCUT2D eigenvalue weighted by Gasteiger charge is -2.11. The summed E-state index contributed by atoms with van der Waals surface area (Å²) in [4.78, 5) is 11.8. The van der Waals surface area contributed by atoms with Crippen LogP contribution in [-0.4, -0.2) is 27.8 Å². The van der Waals surface area contributed by atoms with Gasteiger partial charge < -0.3 is 10.4 Å². The highest BCUT2D eigenvalue weighted by Gasteiger charge is 2.12. The molecule has 0 aliphatic heterocycles. The normalized spacial score (nSPS) is 13.1. The zero-order chi connectivity index (χ0) is 13.3. The molecule has 0 saturated heterocycles. The number of aromatic nitrogens is 2. The summed E-state index contributed by atoms with van der Waals surface area (Å²) in [7, 11) is 5.35. The standard InChI is InChI=1S/C13H19N3O2/c1-14-7-6-12(17)9-4-5-10-11(8-9)16(3)13(18)15(10)2/h4-5,8,12,14,17H,6-7H2,1-3H3. The van der Waals surface area contributed by atoms with Crippen LogP contribution >= 0.6 is 0 Å². The van der Waals surface area contributed by atoms with Gasteiger partial charge in [0.05, 0.1) is 17.1 Å². The quantitative estimate of drug-likeness (QED) is 0.830. The smallest absolute Gasteiger partial charge is 0.328 e. The van der Waals surface area contributed by atoms with Crippen molar-refractivity contribution in [3.63, 3.8) is 0 Å². The van der Waals surface area contributed by atoms with E-state index in [-0.39, 0.29) is 5.69 Å². The molecule has 1 aromatic heterocycles. The number of nitrogens with zero attached hydrogens (tertiary/aromatic N) is 2. The molecule has 2 rings (SSSR count). The van der Waals surface area contributed by atoms with E-state index in [0.29, 0.717) is 6.42 Å². The highest BCUT2D eigenvalue weighted by molar-refractivity contribution is 5.76. The van der Waals surface area contributed by atoms with E-state index in [4.69, 9.17) is 0 Å². The monoisotopic (exact) mass is 249 g/mol. The van der Waals surface area contributed by atoms with Crippen molar-refractivity contribution in [1.29, 1.82) is 0 Å². The third-order valence-corrected chi connectivity index (χ3v) is 3.35. The minimum atomic E-state index is -0.503. The molecule has 0 spiro atoms. The highest BCUT2D eigenvalue weighted by Crippen LogP contribution is 2.21. The molecule has 0 fully saturated rings. The van der Waals surface area contributed by atoms with Gasteiger partial charge in [-0.05, 0) is 37.7 Å². The van der Waals surface area contributed by atoms with Crippen molar-refractivity contribution in [2.75, 3.05) is 13.6 Å². The van der Waals surface area contributed by atoms with Gasteiger partial charge in [-0.1, -0.05) is 6.07 Å². The molecule has 1 unspecified atom stereocenters. The van der Waals surface area contributed by atoms with E-state index in [1.54, 1.807) is 23.2 Å². The molecular weight excluding hydrogens is 230 g/mol. The summed E-state index contributed by atoms with van der Waals surface area (Å²) in [6, 6.07) is 5.65.